The lowest BCUT2D eigenvalue weighted by Crippen LogP contribution is -2.10. The van der Waals surface area contributed by atoms with Gasteiger partial charge in [0.05, 0.1) is 0 Å². The molecule has 0 spiro atoms. The zero-order valence-electron chi connectivity index (χ0n) is 15.7. The molecule has 0 aliphatic rings. The molecule has 3 aromatic carbocycles. The Bertz CT molecular complexity index is 957. The van der Waals surface area contributed by atoms with Crippen LogP contribution in [-0.4, -0.2) is 6.10 Å². The molecule has 0 bridgehead atoms. The maximum atomic E-state index is 14.5. The standard InChI is InChI=1S/C25H23FO/c1-4-11-20-16-21(26)17-24(25(20)27-18(3)5-2)23-15-10-9-14-22(23)19-12-7-6-8-13-19/h4-18H,2H2,1,3H3/t18-/m1/s1. The number of hydrogen-bond acceptors (Lipinski definition) is 1. The van der Waals surface area contributed by atoms with Crippen LogP contribution in [0.3, 0.4) is 0 Å². The third-order valence-corrected chi connectivity index (χ3v) is 4.37. The number of halogens is 1. The summed E-state index contributed by atoms with van der Waals surface area (Å²) in [5.41, 5.74) is 4.49. The molecular formula is C25H23FO. The van der Waals surface area contributed by atoms with E-state index in [1.165, 1.54) is 6.07 Å². The molecule has 0 radical (unpaired) electrons. The lowest BCUT2D eigenvalue weighted by Gasteiger charge is -2.20. The summed E-state index contributed by atoms with van der Waals surface area (Å²) in [5, 5.41) is 0. The summed E-state index contributed by atoms with van der Waals surface area (Å²) in [4.78, 5) is 0. The molecule has 0 N–H and O–H groups in total. The molecule has 1 atom stereocenters. The first kappa shape index (κ1) is 18.7. The topological polar surface area (TPSA) is 9.23 Å². The third-order valence-electron chi connectivity index (χ3n) is 4.37. The van der Waals surface area contributed by atoms with Crippen molar-refractivity contribution in [2.24, 2.45) is 0 Å². The maximum absolute atomic E-state index is 14.5. The Labute approximate surface area is 160 Å². The zero-order valence-corrected chi connectivity index (χ0v) is 15.7. The second-order valence-corrected chi connectivity index (χ2v) is 6.34. The molecule has 0 aliphatic heterocycles. The smallest absolute Gasteiger partial charge is 0.135 e. The second kappa shape index (κ2) is 8.50. The van der Waals surface area contributed by atoms with Crippen molar-refractivity contribution < 1.29 is 9.13 Å². The van der Waals surface area contributed by atoms with Crippen LogP contribution in [0.5, 0.6) is 5.75 Å². The van der Waals surface area contributed by atoms with Gasteiger partial charge in [0.1, 0.15) is 17.7 Å². The van der Waals surface area contributed by atoms with Gasteiger partial charge in [-0.3, -0.25) is 0 Å². The van der Waals surface area contributed by atoms with E-state index in [-0.39, 0.29) is 11.9 Å². The van der Waals surface area contributed by atoms with Crippen LogP contribution in [-0.2, 0) is 0 Å². The highest BCUT2D eigenvalue weighted by Crippen LogP contribution is 2.40. The number of ether oxygens (including phenoxy) is 1. The molecule has 0 aromatic heterocycles. The quantitative estimate of drug-likeness (QED) is 0.425. The van der Waals surface area contributed by atoms with Crippen LogP contribution in [0.4, 0.5) is 4.39 Å². The summed E-state index contributed by atoms with van der Waals surface area (Å²) in [6, 6.07) is 21.1. The monoisotopic (exact) mass is 358 g/mol. The Morgan fingerprint density at radius 3 is 2.26 bits per heavy atom. The van der Waals surface area contributed by atoms with Crippen molar-refractivity contribution in [3.05, 3.63) is 96.8 Å². The van der Waals surface area contributed by atoms with Crippen LogP contribution >= 0.6 is 0 Å². The zero-order chi connectivity index (χ0) is 19.2. The SMILES string of the molecule is C=C[C@@H](C)Oc1c(C=CC)cc(F)cc1-c1ccccc1-c1ccccc1. The maximum Gasteiger partial charge on any atom is 0.135 e. The van der Waals surface area contributed by atoms with Gasteiger partial charge < -0.3 is 4.74 Å². The molecule has 136 valence electrons. The lowest BCUT2D eigenvalue weighted by molar-refractivity contribution is 0.270. The molecule has 0 aliphatic carbocycles. The average molecular weight is 358 g/mol. The summed E-state index contributed by atoms with van der Waals surface area (Å²) in [5.74, 6) is 0.366. The lowest BCUT2D eigenvalue weighted by atomic mass is 9.92. The molecule has 3 aromatic rings. The fraction of sp³-hybridized carbons (Fsp3) is 0.120. The molecule has 3 rings (SSSR count). The molecular weight excluding hydrogens is 335 g/mol. The molecule has 27 heavy (non-hydrogen) atoms. The van der Waals surface area contributed by atoms with E-state index in [9.17, 15) is 4.39 Å². The highest BCUT2D eigenvalue weighted by molar-refractivity contribution is 5.88. The van der Waals surface area contributed by atoms with Crippen molar-refractivity contribution in [1.29, 1.82) is 0 Å². The summed E-state index contributed by atoms with van der Waals surface area (Å²) >= 11 is 0. The summed E-state index contributed by atoms with van der Waals surface area (Å²) in [7, 11) is 0. The first-order valence-electron chi connectivity index (χ1n) is 9.04. The Morgan fingerprint density at radius 1 is 0.926 bits per heavy atom. The molecule has 0 fully saturated rings. The van der Waals surface area contributed by atoms with Crippen molar-refractivity contribution in [3.8, 4) is 28.0 Å². The van der Waals surface area contributed by atoms with E-state index >= 15 is 0 Å². The Morgan fingerprint density at radius 2 is 1.59 bits per heavy atom. The fourth-order valence-corrected chi connectivity index (χ4v) is 3.07. The minimum absolute atomic E-state index is 0.192. The van der Waals surface area contributed by atoms with Gasteiger partial charge in [0.2, 0.25) is 0 Å². The summed E-state index contributed by atoms with van der Waals surface area (Å²) in [6.07, 6.45) is 5.29. The highest BCUT2D eigenvalue weighted by Gasteiger charge is 2.17. The van der Waals surface area contributed by atoms with Gasteiger partial charge in [-0.15, -0.1) is 0 Å². The van der Waals surface area contributed by atoms with E-state index in [0.29, 0.717) is 11.3 Å². The van der Waals surface area contributed by atoms with Crippen molar-refractivity contribution >= 4 is 6.08 Å². The molecule has 2 heteroatoms. The van der Waals surface area contributed by atoms with Gasteiger partial charge in [0.15, 0.2) is 0 Å². The van der Waals surface area contributed by atoms with Crippen LogP contribution in [0.25, 0.3) is 28.3 Å². The minimum atomic E-state index is -0.292. The molecule has 0 unspecified atom stereocenters. The van der Waals surface area contributed by atoms with E-state index < -0.39 is 0 Å². The molecule has 0 heterocycles. The van der Waals surface area contributed by atoms with Crippen LogP contribution < -0.4 is 4.74 Å². The van der Waals surface area contributed by atoms with Crippen LogP contribution in [0.15, 0.2) is 85.5 Å². The van der Waals surface area contributed by atoms with Gasteiger partial charge in [-0.1, -0.05) is 79.4 Å². The van der Waals surface area contributed by atoms with Gasteiger partial charge >= 0.3 is 0 Å². The fourth-order valence-electron chi connectivity index (χ4n) is 3.07. The van der Waals surface area contributed by atoms with Gasteiger partial charge in [-0.05, 0) is 42.7 Å². The third kappa shape index (κ3) is 4.17. The van der Waals surface area contributed by atoms with Crippen molar-refractivity contribution in [2.75, 3.05) is 0 Å². The van der Waals surface area contributed by atoms with Crippen molar-refractivity contribution in [2.45, 2.75) is 20.0 Å². The van der Waals surface area contributed by atoms with Crippen LogP contribution in [0.2, 0.25) is 0 Å². The van der Waals surface area contributed by atoms with E-state index in [1.54, 1.807) is 12.1 Å². The first-order valence-corrected chi connectivity index (χ1v) is 9.04. The predicted molar refractivity (Wildman–Crippen MR) is 112 cm³/mol. The van der Waals surface area contributed by atoms with Crippen LogP contribution in [0.1, 0.15) is 19.4 Å². The van der Waals surface area contributed by atoms with Gasteiger partial charge in [-0.25, -0.2) is 4.39 Å². The van der Waals surface area contributed by atoms with E-state index in [0.717, 1.165) is 22.3 Å². The normalized spacial score (nSPS) is 12.1. The van der Waals surface area contributed by atoms with Gasteiger partial charge in [0, 0.05) is 11.1 Å². The van der Waals surface area contributed by atoms with Gasteiger partial charge in [0.25, 0.3) is 0 Å². The van der Waals surface area contributed by atoms with Crippen molar-refractivity contribution in [1.82, 2.24) is 0 Å². The first-order chi connectivity index (χ1) is 13.1. The number of benzene rings is 3. The van der Waals surface area contributed by atoms with Gasteiger partial charge in [-0.2, -0.15) is 0 Å². The molecule has 0 amide bonds. The average Bonchev–Trinajstić information content (AvgIpc) is 2.70. The number of rotatable bonds is 6. The summed E-state index contributed by atoms with van der Waals surface area (Å²) in [6.45, 7) is 7.63. The van der Waals surface area contributed by atoms with E-state index in [1.807, 2.05) is 68.5 Å². The van der Waals surface area contributed by atoms with E-state index in [2.05, 4.69) is 18.7 Å². The molecule has 0 saturated carbocycles. The minimum Gasteiger partial charge on any atom is -0.485 e. The molecule has 1 nitrogen and oxygen atoms in total. The predicted octanol–water partition coefficient (Wildman–Crippen LogP) is 7.15. The van der Waals surface area contributed by atoms with Crippen LogP contribution in [0, 0.1) is 5.82 Å². The number of hydrogen-bond donors (Lipinski definition) is 0. The Hall–Kier alpha value is -3.13. The second-order valence-electron chi connectivity index (χ2n) is 6.34. The number of allylic oxidation sites excluding steroid dienone is 1. The Kier molecular flexibility index (Phi) is 5.87. The highest BCUT2D eigenvalue weighted by atomic mass is 19.1. The van der Waals surface area contributed by atoms with Crippen molar-refractivity contribution in [3.63, 3.8) is 0 Å². The molecule has 0 saturated heterocycles. The van der Waals surface area contributed by atoms with E-state index in [4.69, 9.17) is 4.74 Å². The largest absolute Gasteiger partial charge is 0.485 e. The summed E-state index contributed by atoms with van der Waals surface area (Å²) < 4.78 is 20.6. The Balaban J connectivity index is 2.27.